The van der Waals surface area contributed by atoms with Gasteiger partial charge < -0.3 is 25.0 Å². The van der Waals surface area contributed by atoms with Crippen LogP contribution in [0.5, 0.6) is 0 Å². The van der Waals surface area contributed by atoms with E-state index in [2.05, 4.69) is 20.1 Å². The van der Waals surface area contributed by atoms with Crippen molar-refractivity contribution in [3.8, 4) is 0 Å². The number of benzene rings is 3. The number of anilines is 1. The number of likely N-dealkylation sites (N-methyl/N-ethyl adjacent to an activating group) is 1. The number of amides is 2. The van der Waals surface area contributed by atoms with Gasteiger partial charge in [0.05, 0.1) is 21.8 Å². The molecule has 7 aliphatic rings. The summed E-state index contributed by atoms with van der Waals surface area (Å²) < 4.78 is 86.3. The number of hydrogen-bond acceptors (Lipinski definition) is 9. The number of fused-ring (bicyclic) bond motifs is 3. The van der Waals surface area contributed by atoms with E-state index < -0.39 is 31.1 Å². The minimum Gasteiger partial charge on any atom is -0.744 e. The maximum Gasteiger partial charge on any atom is 0.294 e. The molecule has 0 spiro atoms. The minimum absolute atomic E-state index is 0.00885. The average molecular weight is 956 g/mol. The third-order valence-electron chi connectivity index (χ3n) is 15.7. The van der Waals surface area contributed by atoms with E-state index in [0.717, 1.165) is 96.4 Å². The Morgan fingerprint density at radius 2 is 1.55 bits per heavy atom. The molecule has 4 aliphatic carbocycles. The van der Waals surface area contributed by atoms with Crippen molar-refractivity contribution < 1.29 is 44.5 Å². The lowest BCUT2D eigenvalue weighted by atomic mass is 9.50. The van der Waals surface area contributed by atoms with Crippen molar-refractivity contribution in [3.05, 3.63) is 107 Å². The SMILES string of the molecule is CCN1C(=CC=CC2=[N+](CCCCCC(=O)NC34CC5CC(CC(NCC(=O)N6Cc7ccc(F)cc7C6)(C5)C3)C4)c3ccc(S(=O)(=O)O)cc3C2(C)C)C(C)(C)c2cc(S(=O)(=O)[O-])ccc21. The topological polar surface area (TPSA) is 179 Å². The fraction of sp³-hybridized carbons (Fsp3) is 0.510. The molecule has 13 nitrogen and oxygen atoms in total. The Bertz CT molecular complexity index is 2860. The van der Waals surface area contributed by atoms with E-state index >= 15 is 0 Å². The zero-order valence-electron chi connectivity index (χ0n) is 39.0. The van der Waals surface area contributed by atoms with E-state index in [1.165, 1.54) is 36.4 Å². The number of nitrogens with zero attached hydrogens (tertiary/aromatic N) is 3. The lowest BCUT2D eigenvalue weighted by Gasteiger charge is -2.62. The van der Waals surface area contributed by atoms with Gasteiger partial charge in [0.2, 0.25) is 17.5 Å². The molecular formula is C51H62FN5O8S2. The van der Waals surface area contributed by atoms with Crippen molar-refractivity contribution in [1.29, 1.82) is 0 Å². The molecule has 2 atom stereocenters. The van der Waals surface area contributed by atoms with E-state index in [4.69, 9.17) is 0 Å². The molecule has 3 heterocycles. The highest BCUT2D eigenvalue weighted by Crippen LogP contribution is 2.57. The van der Waals surface area contributed by atoms with Crippen molar-refractivity contribution in [2.45, 2.75) is 144 Å². The van der Waals surface area contributed by atoms with Crippen LogP contribution in [0.25, 0.3) is 0 Å². The van der Waals surface area contributed by atoms with E-state index in [-0.39, 0.29) is 45.0 Å². The molecule has 4 bridgehead atoms. The summed E-state index contributed by atoms with van der Waals surface area (Å²) in [6.45, 7) is 12.4. The fourth-order valence-electron chi connectivity index (χ4n) is 13.1. The lowest BCUT2D eigenvalue weighted by molar-refractivity contribution is -0.438. The summed E-state index contributed by atoms with van der Waals surface area (Å²) >= 11 is 0. The number of rotatable bonds is 15. The number of carbonyl (C=O) groups excluding carboxylic acids is 2. The number of nitrogens with one attached hydrogen (secondary N) is 2. The number of halogens is 1. The quantitative estimate of drug-likeness (QED) is 0.0785. The number of allylic oxidation sites excluding steroid dienone is 4. The molecule has 358 valence electrons. The Labute approximate surface area is 394 Å². The number of unbranched alkanes of at least 4 members (excludes halogenated alkanes) is 2. The summed E-state index contributed by atoms with van der Waals surface area (Å²) in [6.07, 6.45) is 14.5. The van der Waals surface area contributed by atoms with E-state index in [0.29, 0.717) is 50.9 Å². The van der Waals surface area contributed by atoms with Crippen LogP contribution in [0.2, 0.25) is 0 Å². The first kappa shape index (κ1) is 47.3. The predicted molar refractivity (Wildman–Crippen MR) is 252 cm³/mol. The summed E-state index contributed by atoms with van der Waals surface area (Å²) in [5.41, 5.74) is 5.11. The molecule has 0 saturated heterocycles. The van der Waals surface area contributed by atoms with Crippen LogP contribution >= 0.6 is 0 Å². The monoisotopic (exact) mass is 955 g/mol. The van der Waals surface area contributed by atoms with Crippen LogP contribution in [0.4, 0.5) is 15.8 Å². The number of hydrogen-bond donors (Lipinski definition) is 3. The molecule has 0 aromatic heterocycles. The van der Waals surface area contributed by atoms with Gasteiger partial charge in [-0.25, -0.2) is 12.8 Å². The van der Waals surface area contributed by atoms with Crippen LogP contribution in [0, 0.1) is 17.7 Å². The first-order valence-corrected chi connectivity index (χ1v) is 26.5. The lowest BCUT2D eigenvalue weighted by Crippen LogP contribution is -2.69. The second-order valence-corrected chi connectivity index (χ2v) is 23.9. The first-order valence-electron chi connectivity index (χ1n) is 23.7. The smallest absolute Gasteiger partial charge is 0.294 e. The summed E-state index contributed by atoms with van der Waals surface area (Å²) in [4.78, 5) is 30.6. The fourth-order valence-corrected chi connectivity index (χ4v) is 14.1. The summed E-state index contributed by atoms with van der Waals surface area (Å²) in [7, 11) is -9.10. The Morgan fingerprint density at radius 3 is 2.25 bits per heavy atom. The molecule has 2 amide bonds. The van der Waals surface area contributed by atoms with Gasteiger partial charge >= 0.3 is 0 Å². The molecule has 10 rings (SSSR count). The second kappa shape index (κ2) is 17.0. The zero-order valence-corrected chi connectivity index (χ0v) is 40.7. The molecule has 4 fully saturated rings. The molecule has 16 heteroatoms. The summed E-state index contributed by atoms with van der Waals surface area (Å²) in [6, 6.07) is 13.9. The van der Waals surface area contributed by atoms with Gasteiger partial charge in [-0.2, -0.15) is 13.0 Å². The molecule has 3 aromatic rings. The Balaban J connectivity index is 0.858. The van der Waals surface area contributed by atoms with Gasteiger partial charge in [0.1, 0.15) is 22.5 Å². The first-order chi connectivity index (χ1) is 31.5. The van der Waals surface area contributed by atoms with Crippen LogP contribution in [0.3, 0.4) is 0 Å². The highest BCUT2D eigenvalue weighted by Gasteiger charge is 2.58. The molecule has 3 aromatic carbocycles. The van der Waals surface area contributed by atoms with E-state index in [1.807, 2.05) is 52.8 Å². The van der Waals surface area contributed by atoms with Gasteiger partial charge in [0.25, 0.3) is 10.1 Å². The predicted octanol–water partition coefficient (Wildman–Crippen LogP) is 7.51. The molecule has 3 N–H and O–H groups in total. The van der Waals surface area contributed by atoms with Crippen LogP contribution in [-0.4, -0.2) is 83.7 Å². The third kappa shape index (κ3) is 8.92. The van der Waals surface area contributed by atoms with Gasteiger partial charge in [-0.05, 0) is 149 Å². The van der Waals surface area contributed by atoms with Gasteiger partial charge in [-0.15, -0.1) is 0 Å². The molecule has 67 heavy (non-hydrogen) atoms. The van der Waals surface area contributed by atoms with Gasteiger partial charge in [-0.1, -0.05) is 26.0 Å². The second-order valence-electron chi connectivity index (χ2n) is 21.1. The normalized spacial score (nSPS) is 26.2. The van der Waals surface area contributed by atoms with Crippen LogP contribution in [0.15, 0.2) is 88.3 Å². The molecule has 0 radical (unpaired) electrons. The van der Waals surface area contributed by atoms with Crippen LogP contribution in [-0.2, 0) is 53.7 Å². The minimum atomic E-state index is -4.65. The third-order valence-corrected chi connectivity index (χ3v) is 17.4. The number of carbonyl (C=O) groups is 2. The van der Waals surface area contributed by atoms with Crippen LogP contribution in [0.1, 0.15) is 121 Å². The van der Waals surface area contributed by atoms with Crippen molar-refractivity contribution in [3.63, 3.8) is 0 Å². The summed E-state index contributed by atoms with van der Waals surface area (Å²) in [5, 5.41) is 7.21. The van der Waals surface area contributed by atoms with E-state index in [1.54, 1.807) is 23.1 Å². The molecule has 3 aliphatic heterocycles. The van der Waals surface area contributed by atoms with E-state index in [9.17, 15) is 39.9 Å². The van der Waals surface area contributed by atoms with Gasteiger partial charge in [0, 0.05) is 78.1 Å². The highest BCUT2D eigenvalue weighted by atomic mass is 32.2. The highest BCUT2D eigenvalue weighted by molar-refractivity contribution is 7.86. The standard InChI is InChI=1S/C51H62FN5O8S2/c1-6-56-42-18-16-38(66(60,61)62)23-40(42)48(2,3)44(56)11-10-12-45-49(4,5)41-24-39(67(63,64)65)17-19-43(41)57(45)20-9-7-8-13-46(58)54-51-27-33-21-34(28-51)26-50(25-33,32-51)53-29-47(59)55-30-35-14-15-37(52)22-36(35)31-55/h10-12,14-19,22-24,33-34,53H,6-9,13,20-21,25-32H2,1-5H3,(H2-,54,58,60,61,62,63,64,65). The Morgan fingerprint density at radius 1 is 0.866 bits per heavy atom. The Kier molecular flexibility index (Phi) is 12.0. The maximum absolute atomic E-state index is 13.8. The largest absolute Gasteiger partial charge is 0.744 e. The van der Waals surface area contributed by atoms with Crippen molar-refractivity contribution in [1.82, 2.24) is 15.5 Å². The molecule has 4 saturated carbocycles. The average Bonchev–Trinajstić information content (AvgIpc) is 3.83. The Hall–Kier alpha value is -4.74. The summed E-state index contributed by atoms with van der Waals surface area (Å²) in [5.74, 6) is 0.751. The molecule has 2 unspecified atom stereocenters. The van der Waals surface area contributed by atoms with Gasteiger partial charge in [-0.3, -0.25) is 14.1 Å². The van der Waals surface area contributed by atoms with Gasteiger partial charge in [0.15, 0.2) is 5.71 Å². The van der Waals surface area contributed by atoms with Crippen molar-refractivity contribution in [2.75, 3.05) is 24.5 Å². The maximum atomic E-state index is 13.8. The van der Waals surface area contributed by atoms with Crippen molar-refractivity contribution in [2.24, 2.45) is 11.8 Å². The van der Waals surface area contributed by atoms with Crippen molar-refractivity contribution >= 4 is 49.1 Å². The molecular weight excluding hydrogens is 894 g/mol. The van der Waals surface area contributed by atoms with Crippen LogP contribution < -0.4 is 15.5 Å². The zero-order chi connectivity index (χ0) is 47.9.